The average Bonchev–Trinajstić information content (AvgIpc) is 3.27. The molecule has 2 aromatic heterocycles. The number of aromatic nitrogens is 2. The van der Waals surface area contributed by atoms with Crippen LogP contribution in [0.2, 0.25) is 0 Å². The zero-order valence-corrected chi connectivity index (χ0v) is 21.7. The minimum absolute atomic E-state index is 0.0818. The fraction of sp³-hybridized carbons (Fsp3) is 0.286. The zero-order valence-electron chi connectivity index (χ0n) is 19.2. The normalized spacial score (nSPS) is 18.1. The number of nitrogens with zero attached hydrogens (tertiary/aromatic N) is 3. The molecule has 1 unspecified atom stereocenters. The highest BCUT2D eigenvalue weighted by Crippen LogP contribution is 2.48. The molecule has 0 spiro atoms. The van der Waals surface area contributed by atoms with Gasteiger partial charge in [0.15, 0.2) is 11.6 Å². The quantitative estimate of drug-likeness (QED) is 0.242. The first-order chi connectivity index (χ1) is 16.4. The molecule has 14 heteroatoms. The number of fused-ring (bicyclic) bond motifs is 1. The van der Waals surface area contributed by atoms with Crippen LogP contribution in [0.15, 0.2) is 44.6 Å². The van der Waals surface area contributed by atoms with E-state index in [9.17, 15) is 28.5 Å². The number of rotatable bonds is 7. The van der Waals surface area contributed by atoms with E-state index in [0.717, 1.165) is 0 Å². The smallest absolute Gasteiger partial charge is 0.346 e. The molecule has 1 atom stereocenters. The molecule has 0 radical (unpaired) electrons. The first-order valence-corrected chi connectivity index (χ1v) is 15.1. The number of aromatic hydroxyl groups is 1. The number of aryl methyl sites for hydroxylation is 1. The summed E-state index contributed by atoms with van der Waals surface area (Å²) in [6.07, 6.45) is 1.84. The van der Waals surface area contributed by atoms with Crippen molar-refractivity contribution in [2.24, 2.45) is 10.7 Å². The molecule has 35 heavy (non-hydrogen) atoms. The molecule has 11 nitrogen and oxygen atoms in total. The van der Waals surface area contributed by atoms with Crippen molar-refractivity contribution in [1.82, 2.24) is 9.78 Å². The van der Waals surface area contributed by atoms with Crippen molar-refractivity contribution in [2.75, 3.05) is 16.3 Å². The van der Waals surface area contributed by atoms with E-state index in [-0.39, 0.29) is 33.8 Å². The van der Waals surface area contributed by atoms with Gasteiger partial charge in [-0.2, -0.15) is 21.2 Å². The van der Waals surface area contributed by atoms with Gasteiger partial charge in [0, 0.05) is 23.7 Å². The van der Waals surface area contributed by atoms with E-state index in [1.54, 1.807) is 11.4 Å². The van der Waals surface area contributed by atoms with Crippen LogP contribution in [0.3, 0.4) is 0 Å². The Morgan fingerprint density at radius 1 is 1.29 bits per heavy atom. The largest absolute Gasteiger partial charge is 0.505 e. The average molecular weight is 540 g/mol. The van der Waals surface area contributed by atoms with Crippen LogP contribution < -0.4 is 20.9 Å². The number of hydrogen-bond donors (Lipinski definition) is 6. The Hall–Kier alpha value is -2.67. The third kappa shape index (κ3) is 5.45. The van der Waals surface area contributed by atoms with E-state index in [2.05, 4.69) is 19.9 Å². The molecule has 0 bridgehead atoms. The maximum atomic E-state index is 13.3. The molecule has 0 saturated heterocycles. The van der Waals surface area contributed by atoms with E-state index < -0.39 is 29.6 Å². The third-order valence-corrected chi connectivity index (χ3v) is 7.97. The van der Waals surface area contributed by atoms with Gasteiger partial charge in [-0.1, -0.05) is 13.8 Å². The molecule has 0 aliphatic carbocycles. The lowest BCUT2D eigenvalue weighted by molar-refractivity contribution is 0.444. The predicted molar refractivity (Wildman–Crippen MR) is 141 cm³/mol. The summed E-state index contributed by atoms with van der Waals surface area (Å²) in [5.41, 5.74) is 0.277. The molecular formula is C21H26N5O6PS2. The van der Waals surface area contributed by atoms with Crippen molar-refractivity contribution < 1.29 is 23.7 Å². The highest BCUT2D eigenvalue weighted by molar-refractivity contribution is 8.24. The Morgan fingerprint density at radius 3 is 2.66 bits per heavy atom. The van der Waals surface area contributed by atoms with Crippen LogP contribution in [0.1, 0.15) is 25.8 Å². The van der Waals surface area contributed by atoms with Gasteiger partial charge in [0.25, 0.3) is 5.56 Å². The molecule has 0 fully saturated rings. The number of hydrogen-bond acceptors (Lipinski definition) is 9. The van der Waals surface area contributed by atoms with E-state index in [1.165, 1.54) is 40.5 Å². The summed E-state index contributed by atoms with van der Waals surface area (Å²) in [7, 11) is -7.51. The Bertz CT molecular complexity index is 1400. The molecule has 1 aliphatic rings. The van der Waals surface area contributed by atoms with Crippen molar-refractivity contribution in [3.63, 3.8) is 0 Å². The van der Waals surface area contributed by atoms with Gasteiger partial charge in [-0.15, -0.1) is 10.8 Å². The monoisotopic (exact) mass is 539 g/mol. The van der Waals surface area contributed by atoms with Crippen LogP contribution in [-0.4, -0.2) is 41.0 Å². The summed E-state index contributed by atoms with van der Waals surface area (Å²) in [6, 6.07) is 5.97. The van der Waals surface area contributed by atoms with Gasteiger partial charge < -0.3 is 15.3 Å². The van der Waals surface area contributed by atoms with Gasteiger partial charge in [-0.25, -0.2) is 4.68 Å². The second kappa shape index (κ2) is 9.41. The third-order valence-electron chi connectivity index (χ3n) is 5.19. The SMILES string of the molecule is CC(C)CCn1nc(-c2ccsc2)c(O)c(C2=NP(=O)(O)c3cc(NS(C)(O)O)ccc3N2)c1=O. The lowest BCUT2D eigenvalue weighted by Gasteiger charge is -2.30. The Labute approximate surface area is 207 Å². The molecule has 1 aliphatic heterocycles. The van der Waals surface area contributed by atoms with Gasteiger partial charge in [0.2, 0.25) is 0 Å². The summed E-state index contributed by atoms with van der Waals surface area (Å²) in [4.78, 5) is 24.1. The molecule has 0 amide bonds. The molecule has 3 heterocycles. The van der Waals surface area contributed by atoms with Crippen molar-refractivity contribution in [3.05, 3.63) is 50.9 Å². The standard InChI is InChI=1S/C21H26N5O6PS2/c1-12(2)6-8-26-21(28)17(19(27)18(23-26)13-7-9-34-11-13)20-22-15-5-4-14(25-35(3,31)32)10-16(15)33(29,30)24-20/h4-5,7,9-12,25,27,31-32H,6,8H2,1-3H3,(H2,22,24,29,30). The number of nitrogens with one attached hydrogen (secondary N) is 2. The first kappa shape index (κ1) is 25.4. The van der Waals surface area contributed by atoms with Crippen molar-refractivity contribution in [3.8, 4) is 17.0 Å². The summed E-state index contributed by atoms with van der Waals surface area (Å²) >= 11 is 1.40. The van der Waals surface area contributed by atoms with Crippen molar-refractivity contribution in [1.29, 1.82) is 0 Å². The highest BCUT2D eigenvalue weighted by Gasteiger charge is 2.34. The molecule has 4 rings (SSSR count). The summed E-state index contributed by atoms with van der Waals surface area (Å²) in [6.45, 7) is 4.32. The summed E-state index contributed by atoms with van der Waals surface area (Å²) in [5, 5.41) is 21.8. The Balaban J connectivity index is 1.84. The van der Waals surface area contributed by atoms with Crippen LogP contribution >= 0.6 is 29.6 Å². The maximum absolute atomic E-state index is 13.3. The van der Waals surface area contributed by atoms with Gasteiger partial charge in [0.1, 0.15) is 11.3 Å². The van der Waals surface area contributed by atoms with Crippen molar-refractivity contribution >= 4 is 52.1 Å². The van der Waals surface area contributed by atoms with E-state index in [1.807, 2.05) is 19.2 Å². The number of amidine groups is 1. The second-order valence-electron chi connectivity index (χ2n) is 8.58. The number of thiophene rings is 1. The predicted octanol–water partition coefficient (Wildman–Crippen LogP) is 4.11. The molecular weight excluding hydrogens is 513 g/mol. The Kier molecular flexibility index (Phi) is 6.84. The second-order valence-corrected chi connectivity index (χ2v) is 13.0. The van der Waals surface area contributed by atoms with Crippen LogP contribution in [0.25, 0.3) is 11.3 Å². The molecule has 1 aromatic carbocycles. The fourth-order valence-corrected chi connectivity index (χ4v) is 6.02. The topological polar surface area (TPSA) is 169 Å². The number of anilines is 2. The van der Waals surface area contributed by atoms with Crippen LogP contribution in [0.4, 0.5) is 11.4 Å². The van der Waals surface area contributed by atoms with Crippen LogP contribution in [0.5, 0.6) is 5.75 Å². The van der Waals surface area contributed by atoms with E-state index in [4.69, 9.17) is 0 Å². The molecule has 188 valence electrons. The van der Waals surface area contributed by atoms with Gasteiger partial charge >= 0.3 is 7.52 Å². The first-order valence-electron chi connectivity index (χ1n) is 10.6. The van der Waals surface area contributed by atoms with Crippen LogP contribution in [-0.2, 0) is 11.1 Å². The maximum Gasteiger partial charge on any atom is 0.346 e. The number of benzene rings is 1. The lowest BCUT2D eigenvalue weighted by atomic mass is 10.1. The fourth-order valence-electron chi connectivity index (χ4n) is 3.52. The van der Waals surface area contributed by atoms with E-state index in [0.29, 0.717) is 24.4 Å². The minimum Gasteiger partial charge on any atom is -0.505 e. The molecule has 3 aromatic rings. The molecule has 6 N–H and O–H groups in total. The van der Waals surface area contributed by atoms with Crippen molar-refractivity contribution in [2.45, 2.75) is 26.8 Å². The van der Waals surface area contributed by atoms with Gasteiger partial charge in [-0.3, -0.25) is 23.2 Å². The lowest BCUT2D eigenvalue weighted by Crippen LogP contribution is -2.34. The summed E-state index contributed by atoms with van der Waals surface area (Å²) < 4.78 is 40.1. The van der Waals surface area contributed by atoms with E-state index >= 15 is 0 Å². The van der Waals surface area contributed by atoms with Gasteiger partial charge in [-0.05, 0) is 42.0 Å². The van der Waals surface area contributed by atoms with Gasteiger partial charge in [0.05, 0.1) is 16.7 Å². The highest BCUT2D eigenvalue weighted by atomic mass is 32.3. The zero-order chi connectivity index (χ0) is 25.5. The molecule has 0 saturated carbocycles. The summed E-state index contributed by atoms with van der Waals surface area (Å²) in [5.74, 6) is -0.393. The minimum atomic E-state index is -4.40. The Morgan fingerprint density at radius 2 is 2.03 bits per heavy atom. The van der Waals surface area contributed by atoms with Crippen LogP contribution in [0, 0.1) is 5.92 Å².